The molecular formula is C29H25N5O10S2. The van der Waals surface area contributed by atoms with Crippen LogP contribution >= 0.6 is 12.0 Å². The molecule has 0 aliphatic rings. The van der Waals surface area contributed by atoms with Crippen molar-refractivity contribution in [3.63, 3.8) is 0 Å². The van der Waals surface area contributed by atoms with Crippen LogP contribution in [-0.4, -0.2) is 52.9 Å². The molecule has 238 valence electrons. The molecule has 0 aliphatic carbocycles. The predicted octanol–water partition coefficient (Wildman–Crippen LogP) is 6.52. The Morgan fingerprint density at radius 1 is 0.848 bits per heavy atom. The number of nitrogen functional groups attached to an aromatic ring is 1. The maximum absolute atomic E-state index is 12.0. The first-order valence-electron chi connectivity index (χ1n) is 13.2. The Labute approximate surface area is 265 Å². The van der Waals surface area contributed by atoms with E-state index in [2.05, 4.69) is 29.8 Å². The van der Waals surface area contributed by atoms with Gasteiger partial charge in [0.05, 0.1) is 45.5 Å². The van der Waals surface area contributed by atoms with Gasteiger partial charge in [0.15, 0.2) is 5.75 Å². The second-order valence-corrected chi connectivity index (χ2v) is 11.8. The second-order valence-electron chi connectivity index (χ2n) is 9.61. The van der Waals surface area contributed by atoms with E-state index < -0.39 is 27.7 Å². The van der Waals surface area contributed by atoms with Crippen molar-refractivity contribution in [3.05, 3.63) is 78.9 Å². The summed E-state index contributed by atoms with van der Waals surface area (Å²) >= 11 is 0.551. The van der Waals surface area contributed by atoms with Gasteiger partial charge in [-0.25, -0.2) is 5.26 Å². The number of hydrogen-bond acceptors (Lipinski definition) is 15. The molecule has 0 bridgehead atoms. The Kier molecular flexibility index (Phi) is 10.0. The van der Waals surface area contributed by atoms with E-state index in [0.717, 1.165) is 0 Å². The van der Waals surface area contributed by atoms with Crippen LogP contribution in [-0.2, 0) is 19.5 Å². The zero-order valence-corrected chi connectivity index (χ0v) is 25.1. The largest absolute Gasteiger partial charge is 0.505 e. The molecule has 5 rings (SSSR count). The Morgan fingerprint density at radius 2 is 1.57 bits per heavy atom. The molecule has 0 saturated carbocycles. The lowest BCUT2D eigenvalue weighted by molar-refractivity contribution is -0.432. The van der Waals surface area contributed by atoms with Crippen LogP contribution in [0.1, 0.15) is 0 Å². The standard InChI is InChI=1S/C29H25N5O10S2/c30-17-2-1-16-11-27(45-44-43-38)28(29(37)23(16)12-17)34-33-26-10-9-25(22-8-7-21(13-24(22)26)46(39,40)41)32-31-18-3-5-20(6-4-18)42-15-19(36)14-35/h1-13,19,35-38H,14-15,30H2,(H,39,40,41)/b32-31+,34-33+. The molecule has 17 heteroatoms. The number of fused-ring (bicyclic) bond motifs is 2. The smallest absolute Gasteiger partial charge is 0.294 e. The van der Waals surface area contributed by atoms with Crippen LogP contribution in [0.25, 0.3) is 21.5 Å². The summed E-state index contributed by atoms with van der Waals surface area (Å²) in [7, 11) is -4.59. The molecule has 0 aliphatic heterocycles. The highest BCUT2D eigenvalue weighted by molar-refractivity contribution is 7.94. The third-order valence-electron chi connectivity index (χ3n) is 6.49. The summed E-state index contributed by atoms with van der Waals surface area (Å²) in [5, 5.41) is 60.3. The molecule has 0 saturated heterocycles. The van der Waals surface area contributed by atoms with Crippen molar-refractivity contribution in [1.29, 1.82) is 0 Å². The first-order chi connectivity index (χ1) is 22.1. The van der Waals surface area contributed by atoms with Gasteiger partial charge in [-0.1, -0.05) is 17.2 Å². The summed E-state index contributed by atoms with van der Waals surface area (Å²) in [5.74, 6) is 0.147. The van der Waals surface area contributed by atoms with Gasteiger partial charge in [0.25, 0.3) is 10.1 Å². The molecule has 15 nitrogen and oxygen atoms in total. The van der Waals surface area contributed by atoms with E-state index in [1.165, 1.54) is 30.3 Å². The van der Waals surface area contributed by atoms with Crippen molar-refractivity contribution in [3.8, 4) is 11.5 Å². The molecule has 0 spiro atoms. The van der Waals surface area contributed by atoms with Crippen LogP contribution in [0, 0.1) is 0 Å². The van der Waals surface area contributed by atoms with E-state index in [1.54, 1.807) is 48.5 Å². The molecule has 7 N–H and O–H groups in total. The van der Waals surface area contributed by atoms with Crippen LogP contribution in [0.15, 0.2) is 109 Å². The van der Waals surface area contributed by atoms with E-state index in [9.17, 15) is 23.2 Å². The number of azo groups is 2. The average Bonchev–Trinajstić information content (AvgIpc) is 3.05. The normalized spacial score (nSPS) is 12.9. The summed E-state index contributed by atoms with van der Waals surface area (Å²) in [4.78, 5) is -0.192. The van der Waals surface area contributed by atoms with Gasteiger partial charge in [-0.15, -0.1) is 19.7 Å². The predicted molar refractivity (Wildman–Crippen MR) is 168 cm³/mol. The number of ether oxygens (including phenoxy) is 1. The van der Waals surface area contributed by atoms with Crippen LogP contribution in [0.2, 0.25) is 0 Å². The summed E-state index contributed by atoms with van der Waals surface area (Å²) in [6, 6.07) is 19.8. The maximum atomic E-state index is 12.0. The molecule has 1 unspecified atom stereocenters. The summed E-state index contributed by atoms with van der Waals surface area (Å²) in [6.45, 7) is -0.512. The number of aliphatic hydroxyl groups is 2. The van der Waals surface area contributed by atoms with Crippen LogP contribution in [0.3, 0.4) is 0 Å². The van der Waals surface area contributed by atoms with Crippen molar-refractivity contribution in [1.82, 2.24) is 0 Å². The third-order valence-corrected chi connectivity index (χ3v) is 7.96. The Hall–Kier alpha value is -4.72. The fourth-order valence-electron chi connectivity index (χ4n) is 4.27. The molecule has 0 amide bonds. The molecule has 0 fully saturated rings. The van der Waals surface area contributed by atoms with Crippen molar-refractivity contribution >= 4 is 72.1 Å². The zero-order chi connectivity index (χ0) is 32.8. The lowest BCUT2D eigenvalue weighted by Crippen LogP contribution is -2.21. The Morgan fingerprint density at radius 3 is 2.26 bits per heavy atom. The van der Waals surface area contributed by atoms with Crippen molar-refractivity contribution < 1.29 is 47.7 Å². The third kappa shape index (κ3) is 7.56. The number of rotatable bonds is 12. The highest BCUT2D eigenvalue weighted by atomic mass is 32.2. The van der Waals surface area contributed by atoms with E-state index in [-0.39, 0.29) is 34.0 Å². The van der Waals surface area contributed by atoms with Gasteiger partial charge >= 0.3 is 0 Å². The minimum absolute atomic E-state index is 0.0682. The van der Waals surface area contributed by atoms with Crippen molar-refractivity contribution in [2.45, 2.75) is 15.9 Å². The van der Waals surface area contributed by atoms with Gasteiger partial charge in [0.2, 0.25) is 0 Å². The van der Waals surface area contributed by atoms with E-state index in [0.29, 0.717) is 51.0 Å². The molecular weight excluding hydrogens is 642 g/mol. The highest BCUT2D eigenvalue weighted by Gasteiger charge is 2.17. The number of nitrogens with two attached hydrogens (primary N) is 1. The number of aliphatic hydroxyl groups excluding tert-OH is 2. The maximum Gasteiger partial charge on any atom is 0.294 e. The average molecular weight is 668 g/mol. The molecule has 46 heavy (non-hydrogen) atoms. The lowest BCUT2D eigenvalue weighted by Gasteiger charge is -2.10. The summed E-state index contributed by atoms with van der Waals surface area (Å²) < 4.78 is 43.6. The first-order valence-corrected chi connectivity index (χ1v) is 15.3. The first kappa shape index (κ1) is 32.7. The fraction of sp³-hybridized carbons (Fsp3) is 0.103. The number of hydrogen-bond donors (Lipinski definition) is 6. The summed E-state index contributed by atoms with van der Waals surface area (Å²) in [5.41, 5.74) is 7.14. The molecule has 1 atom stereocenters. The van der Waals surface area contributed by atoms with E-state index in [1.807, 2.05) is 0 Å². The number of nitrogens with zero attached hydrogens (tertiary/aromatic N) is 4. The van der Waals surface area contributed by atoms with Crippen LogP contribution in [0.4, 0.5) is 28.4 Å². The van der Waals surface area contributed by atoms with E-state index >= 15 is 0 Å². The second kappa shape index (κ2) is 14.1. The SMILES string of the molecule is Nc1ccc2cc(SOOO)c(/N=N/c3ccc(/N=N/c4ccc(OCC(O)CO)cc4)c4ccc(S(=O)(=O)O)cc34)c(O)c2c1. The zero-order valence-electron chi connectivity index (χ0n) is 23.5. The molecule has 0 aromatic heterocycles. The van der Waals surface area contributed by atoms with Gasteiger partial charge in [-0.3, -0.25) is 4.55 Å². The van der Waals surface area contributed by atoms with Gasteiger partial charge in [-0.2, -0.15) is 13.5 Å². The Bertz CT molecular complexity index is 2060. The quantitative estimate of drug-likeness (QED) is 0.0208. The fourth-order valence-corrected chi connectivity index (χ4v) is 5.27. The number of benzene rings is 5. The van der Waals surface area contributed by atoms with E-state index in [4.69, 9.17) is 20.8 Å². The minimum Gasteiger partial charge on any atom is -0.505 e. The minimum atomic E-state index is -4.59. The van der Waals surface area contributed by atoms with Gasteiger partial charge < -0.3 is 25.8 Å². The molecule has 0 heterocycles. The lowest BCUT2D eigenvalue weighted by atomic mass is 10.1. The van der Waals surface area contributed by atoms with Gasteiger partial charge in [0, 0.05) is 21.8 Å². The summed E-state index contributed by atoms with van der Waals surface area (Å²) in [6.07, 6.45) is -1.01. The molecule has 5 aromatic carbocycles. The van der Waals surface area contributed by atoms with Gasteiger partial charge in [-0.05, 0) is 72.1 Å². The number of phenolic OH excluding ortho intramolecular Hbond substituents is 1. The topological polar surface area (TPSA) is 238 Å². The number of phenols is 1. The molecule has 0 radical (unpaired) electrons. The number of anilines is 1. The molecule has 5 aromatic rings. The van der Waals surface area contributed by atoms with Crippen LogP contribution < -0.4 is 10.5 Å². The Balaban J connectivity index is 1.54. The van der Waals surface area contributed by atoms with Crippen molar-refractivity contribution in [2.24, 2.45) is 20.5 Å². The van der Waals surface area contributed by atoms with Crippen molar-refractivity contribution in [2.75, 3.05) is 18.9 Å². The monoisotopic (exact) mass is 667 g/mol. The van der Waals surface area contributed by atoms with Gasteiger partial charge in [0.1, 0.15) is 24.1 Å². The number of aromatic hydroxyl groups is 1. The highest BCUT2D eigenvalue weighted by Crippen LogP contribution is 2.45. The van der Waals surface area contributed by atoms with Crippen LogP contribution in [0.5, 0.6) is 11.5 Å².